The van der Waals surface area contributed by atoms with E-state index in [4.69, 9.17) is 4.74 Å². The largest absolute Gasteiger partial charge is 0.379 e. The molecule has 1 fully saturated rings. The molecule has 0 aromatic carbocycles. The van der Waals surface area contributed by atoms with Crippen molar-refractivity contribution in [3.63, 3.8) is 0 Å². The molecule has 1 aliphatic heterocycles. The lowest BCUT2D eigenvalue weighted by Crippen LogP contribution is -2.49. The maximum Gasteiger partial charge on any atom is 0.237 e. The summed E-state index contributed by atoms with van der Waals surface area (Å²) in [5, 5.41) is 3.06. The second-order valence-electron chi connectivity index (χ2n) is 5.70. The fourth-order valence-corrected chi connectivity index (χ4v) is 2.67. The third-order valence-corrected chi connectivity index (χ3v) is 4.32. The van der Waals surface area contributed by atoms with Gasteiger partial charge in [-0.3, -0.25) is 9.69 Å². The Labute approximate surface area is 130 Å². The number of nitrogens with zero attached hydrogens (tertiary/aromatic N) is 2. The minimum Gasteiger partial charge on any atom is -0.379 e. The number of nitrogens with one attached hydrogen (secondary N) is 1. The Hall–Kier alpha value is -0.650. The van der Waals surface area contributed by atoms with E-state index in [-0.39, 0.29) is 11.9 Å². The van der Waals surface area contributed by atoms with E-state index < -0.39 is 0 Å². The summed E-state index contributed by atoms with van der Waals surface area (Å²) >= 11 is 0. The van der Waals surface area contributed by atoms with Crippen LogP contribution in [0.4, 0.5) is 0 Å². The summed E-state index contributed by atoms with van der Waals surface area (Å²) in [6.07, 6.45) is 3.47. The molecule has 1 atom stereocenters. The highest BCUT2D eigenvalue weighted by molar-refractivity contribution is 5.81. The molecular weight excluding hydrogens is 266 g/mol. The molecule has 1 N–H and O–H groups in total. The summed E-state index contributed by atoms with van der Waals surface area (Å²) in [6.45, 7) is 13.8. The van der Waals surface area contributed by atoms with E-state index in [0.717, 1.165) is 52.4 Å². The number of amides is 1. The smallest absolute Gasteiger partial charge is 0.237 e. The molecule has 1 rings (SSSR count). The van der Waals surface area contributed by atoms with Crippen molar-refractivity contribution in [3.05, 3.63) is 0 Å². The van der Waals surface area contributed by atoms with E-state index in [2.05, 4.69) is 29.0 Å². The Balaban J connectivity index is 2.04. The van der Waals surface area contributed by atoms with Crippen molar-refractivity contribution in [3.8, 4) is 0 Å². The zero-order valence-electron chi connectivity index (χ0n) is 14.1. The second kappa shape index (κ2) is 11.0. The highest BCUT2D eigenvalue weighted by atomic mass is 16.5. The van der Waals surface area contributed by atoms with Gasteiger partial charge >= 0.3 is 0 Å². The third-order valence-electron chi connectivity index (χ3n) is 4.32. The van der Waals surface area contributed by atoms with E-state index in [0.29, 0.717) is 0 Å². The number of carbonyl (C=O) groups excluding carboxylic acids is 1. The number of hydrogen-bond acceptors (Lipinski definition) is 4. The molecule has 1 aliphatic rings. The van der Waals surface area contributed by atoms with Gasteiger partial charge in [0.05, 0.1) is 19.3 Å². The highest BCUT2D eigenvalue weighted by Gasteiger charge is 2.22. The van der Waals surface area contributed by atoms with Crippen molar-refractivity contribution in [2.45, 2.75) is 46.1 Å². The molecule has 0 aromatic heterocycles. The number of carbonyl (C=O) groups is 1. The molecular formula is C16H33N3O2. The molecule has 21 heavy (non-hydrogen) atoms. The maximum atomic E-state index is 12.1. The predicted octanol–water partition coefficient (Wildman–Crippen LogP) is 1.34. The second-order valence-corrected chi connectivity index (χ2v) is 5.70. The first-order valence-corrected chi connectivity index (χ1v) is 8.50. The lowest BCUT2D eigenvalue weighted by molar-refractivity contribution is -0.127. The molecule has 1 amide bonds. The zero-order valence-corrected chi connectivity index (χ0v) is 14.1. The molecule has 124 valence electrons. The summed E-state index contributed by atoms with van der Waals surface area (Å²) in [5.41, 5.74) is 0. The van der Waals surface area contributed by atoms with Crippen LogP contribution >= 0.6 is 0 Å². The minimum absolute atomic E-state index is 0.0374. The van der Waals surface area contributed by atoms with E-state index in [9.17, 15) is 4.79 Å². The fraction of sp³-hybridized carbons (Fsp3) is 0.938. The Morgan fingerprint density at radius 2 is 1.86 bits per heavy atom. The van der Waals surface area contributed by atoms with Crippen LogP contribution in [0.5, 0.6) is 0 Å². The molecule has 0 spiro atoms. The number of ether oxygens (including phenoxy) is 1. The van der Waals surface area contributed by atoms with Crippen LogP contribution < -0.4 is 5.32 Å². The summed E-state index contributed by atoms with van der Waals surface area (Å²) < 4.78 is 5.32. The van der Waals surface area contributed by atoms with Crippen LogP contribution in [0.1, 0.15) is 40.0 Å². The quantitative estimate of drug-likeness (QED) is 0.618. The first kappa shape index (κ1) is 18.4. The average Bonchev–Trinajstić information content (AvgIpc) is 2.54. The van der Waals surface area contributed by atoms with Crippen LogP contribution in [0, 0.1) is 0 Å². The summed E-state index contributed by atoms with van der Waals surface area (Å²) in [6, 6.07) is -0.0374. The monoisotopic (exact) mass is 299 g/mol. The van der Waals surface area contributed by atoms with Gasteiger partial charge in [-0.15, -0.1) is 0 Å². The molecule has 0 aromatic rings. The highest BCUT2D eigenvalue weighted by Crippen LogP contribution is 2.04. The lowest BCUT2D eigenvalue weighted by atomic mass is 10.2. The van der Waals surface area contributed by atoms with Gasteiger partial charge in [0.25, 0.3) is 0 Å². The van der Waals surface area contributed by atoms with Gasteiger partial charge in [-0.25, -0.2) is 0 Å². The van der Waals surface area contributed by atoms with Crippen LogP contribution in [0.25, 0.3) is 0 Å². The van der Waals surface area contributed by atoms with Gasteiger partial charge in [0.15, 0.2) is 0 Å². The Bertz CT molecular complexity index is 277. The molecule has 5 nitrogen and oxygen atoms in total. The van der Waals surface area contributed by atoms with Crippen molar-refractivity contribution >= 4 is 5.91 Å². The summed E-state index contributed by atoms with van der Waals surface area (Å²) in [4.78, 5) is 16.7. The number of morpholine rings is 1. The Morgan fingerprint density at radius 3 is 2.48 bits per heavy atom. The molecule has 0 bridgehead atoms. The number of unbranched alkanes of at least 4 members (excludes halogenated alkanes) is 2. The first-order valence-electron chi connectivity index (χ1n) is 8.50. The van der Waals surface area contributed by atoms with Crippen LogP contribution in [0.2, 0.25) is 0 Å². The molecule has 1 heterocycles. The SMILES string of the molecule is CCN(CC)CCCCCNC(=O)C(C)N1CCOCC1. The first-order chi connectivity index (χ1) is 10.2. The number of hydrogen-bond donors (Lipinski definition) is 1. The van der Waals surface area contributed by atoms with Crippen molar-refractivity contribution in [1.29, 1.82) is 0 Å². The van der Waals surface area contributed by atoms with E-state index in [1.54, 1.807) is 0 Å². The van der Waals surface area contributed by atoms with Crippen LogP contribution in [0.15, 0.2) is 0 Å². The molecule has 0 radical (unpaired) electrons. The van der Waals surface area contributed by atoms with E-state index in [1.807, 2.05) is 6.92 Å². The zero-order chi connectivity index (χ0) is 15.5. The molecule has 0 saturated carbocycles. The van der Waals surface area contributed by atoms with Gasteiger partial charge in [0.1, 0.15) is 0 Å². The normalized spacial score (nSPS) is 17.9. The predicted molar refractivity (Wildman–Crippen MR) is 86.5 cm³/mol. The molecule has 1 saturated heterocycles. The van der Waals surface area contributed by atoms with Gasteiger partial charge in [0.2, 0.25) is 5.91 Å². The Morgan fingerprint density at radius 1 is 1.19 bits per heavy atom. The van der Waals surface area contributed by atoms with E-state index in [1.165, 1.54) is 19.4 Å². The maximum absolute atomic E-state index is 12.1. The Kier molecular flexibility index (Phi) is 9.63. The van der Waals surface area contributed by atoms with Crippen molar-refractivity contribution in [2.24, 2.45) is 0 Å². The number of rotatable bonds is 10. The van der Waals surface area contributed by atoms with Gasteiger partial charge in [0, 0.05) is 19.6 Å². The van der Waals surface area contributed by atoms with Crippen molar-refractivity contribution in [1.82, 2.24) is 15.1 Å². The van der Waals surface area contributed by atoms with Gasteiger partial charge in [-0.2, -0.15) is 0 Å². The minimum atomic E-state index is -0.0374. The lowest BCUT2D eigenvalue weighted by Gasteiger charge is -2.31. The van der Waals surface area contributed by atoms with Crippen molar-refractivity contribution in [2.75, 3.05) is 52.5 Å². The van der Waals surface area contributed by atoms with Crippen LogP contribution in [-0.4, -0.2) is 74.2 Å². The van der Waals surface area contributed by atoms with Crippen LogP contribution in [-0.2, 0) is 9.53 Å². The summed E-state index contributed by atoms with van der Waals surface area (Å²) in [5.74, 6) is 0.153. The third kappa shape index (κ3) is 7.25. The van der Waals surface area contributed by atoms with Gasteiger partial charge < -0.3 is 15.0 Å². The summed E-state index contributed by atoms with van der Waals surface area (Å²) in [7, 11) is 0. The van der Waals surface area contributed by atoms with Gasteiger partial charge in [-0.05, 0) is 39.4 Å². The van der Waals surface area contributed by atoms with Crippen molar-refractivity contribution < 1.29 is 9.53 Å². The molecule has 1 unspecified atom stereocenters. The topological polar surface area (TPSA) is 44.8 Å². The van der Waals surface area contributed by atoms with Gasteiger partial charge in [-0.1, -0.05) is 20.3 Å². The average molecular weight is 299 g/mol. The standard InChI is InChI=1S/C16H33N3O2/c1-4-18(5-2)10-8-6-7-9-17-16(20)15(3)19-11-13-21-14-12-19/h15H,4-14H2,1-3H3,(H,17,20). The van der Waals surface area contributed by atoms with Crippen LogP contribution in [0.3, 0.4) is 0 Å². The fourth-order valence-electron chi connectivity index (χ4n) is 2.67. The molecule has 0 aliphatic carbocycles. The van der Waals surface area contributed by atoms with E-state index >= 15 is 0 Å². The molecule has 5 heteroatoms.